The molecule has 3 rings (SSSR count). The molecule has 6 nitrogen and oxygen atoms in total. The molecule has 0 atom stereocenters. The van der Waals surface area contributed by atoms with E-state index in [1.807, 2.05) is 0 Å². The van der Waals surface area contributed by atoms with Gasteiger partial charge in [-0.1, -0.05) is 11.6 Å². The number of esters is 1. The highest BCUT2D eigenvalue weighted by atomic mass is 35.5. The average molecular weight is 334 g/mol. The zero-order chi connectivity index (χ0) is 16.2. The van der Waals surface area contributed by atoms with Gasteiger partial charge in [-0.25, -0.2) is 9.78 Å². The molecule has 0 aliphatic carbocycles. The third-order valence-electron chi connectivity index (χ3n) is 3.13. The van der Waals surface area contributed by atoms with Gasteiger partial charge in [0.1, 0.15) is 18.9 Å². The van der Waals surface area contributed by atoms with Crippen molar-refractivity contribution in [3.8, 4) is 11.5 Å². The minimum absolute atomic E-state index is 0.0486. The number of fused-ring (bicyclic) bond motifs is 1. The van der Waals surface area contributed by atoms with Gasteiger partial charge in [0.15, 0.2) is 23.9 Å². The second-order valence-electron chi connectivity index (χ2n) is 4.72. The summed E-state index contributed by atoms with van der Waals surface area (Å²) < 4.78 is 15.8. The number of halogens is 1. The van der Waals surface area contributed by atoms with Gasteiger partial charge in [0.2, 0.25) is 0 Å². The van der Waals surface area contributed by atoms with E-state index >= 15 is 0 Å². The fourth-order valence-corrected chi connectivity index (χ4v) is 2.18. The number of carbonyl (C=O) groups excluding carboxylic acids is 2. The normalized spacial score (nSPS) is 12.6. The number of ketones is 1. The number of benzene rings is 1. The Bertz CT molecular complexity index is 762. The van der Waals surface area contributed by atoms with Crippen LogP contribution in [0.1, 0.15) is 20.8 Å². The predicted molar refractivity (Wildman–Crippen MR) is 81.3 cm³/mol. The summed E-state index contributed by atoms with van der Waals surface area (Å²) in [4.78, 5) is 27.8. The monoisotopic (exact) mass is 333 g/mol. The van der Waals surface area contributed by atoms with Crippen LogP contribution in [0.5, 0.6) is 11.5 Å². The Hall–Kier alpha value is -2.60. The lowest BCUT2D eigenvalue weighted by Crippen LogP contribution is -2.17. The molecule has 23 heavy (non-hydrogen) atoms. The molecule has 1 aliphatic heterocycles. The molecule has 0 unspecified atom stereocenters. The van der Waals surface area contributed by atoms with Crippen LogP contribution in [0, 0.1) is 0 Å². The van der Waals surface area contributed by atoms with Crippen LogP contribution in [-0.2, 0) is 4.74 Å². The highest BCUT2D eigenvalue weighted by Crippen LogP contribution is 2.30. The quantitative estimate of drug-likeness (QED) is 0.632. The maximum atomic E-state index is 12.1. The SMILES string of the molecule is O=C(COC(=O)c1cc(Cl)ccn1)c1ccc2c(c1)OCCO2. The van der Waals surface area contributed by atoms with E-state index in [1.165, 1.54) is 12.3 Å². The third-order valence-corrected chi connectivity index (χ3v) is 3.36. The molecule has 118 valence electrons. The van der Waals surface area contributed by atoms with Gasteiger partial charge in [0, 0.05) is 16.8 Å². The number of hydrogen-bond donors (Lipinski definition) is 0. The molecular formula is C16H12ClNO5. The summed E-state index contributed by atoms with van der Waals surface area (Å²) in [6, 6.07) is 7.74. The fourth-order valence-electron chi connectivity index (χ4n) is 2.02. The number of aromatic nitrogens is 1. The van der Waals surface area contributed by atoms with Gasteiger partial charge in [-0.05, 0) is 30.3 Å². The molecule has 0 spiro atoms. The average Bonchev–Trinajstić information content (AvgIpc) is 2.59. The zero-order valence-corrected chi connectivity index (χ0v) is 12.7. The molecular weight excluding hydrogens is 322 g/mol. The molecule has 7 heteroatoms. The maximum Gasteiger partial charge on any atom is 0.357 e. The fraction of sp³-hybridized carbons (Fsp3) is 0.188. The minimum atomic E-state index is -0.710. The van der Waals surface area contributed by atoms with Crippen LogP contribution in [0.15, 0.2) is 36.5 Å². The maximum absolute atomic E-state index is 12.1. The first-order valence-corrected chi connectivity index (χ1v) is 7.23. The lowest BCUT2D eigenvalue weighted by Gasteiger charge is -2.18. The summed E-state index contributed by atoms with van der Waals surface area (Å²) >= 11 is 5.77. The van der Waals surface area contributed by atoms with Crippen molar-refractivity contribution in [3.05, 3.63) is 52.8 Å². The second kappa shape index (κ2) is 6.66. The van der Waals surface area contributed by atoms with Gasteiger partial charge in [-0.15, -0.1) is 0 Å². The van der Waals surface area contributed by atoms with Crippen molar-refractivity contribution in [2.45, 2.75) is 0 Å². The molecule has 0 amide bonds. The molecule has 2 aromatic rings. The molecule has 0 fully saturated rings. The van der Waals surface area contributed by atoms with Crippen molar-refractivity contribution in [2.75, 3.05) is 19.8 Å². The van der Waals surface area contributed by atoms with E-state index in [4.69, 9.17) is 25.8 Å². The molecule has 0 saturated heterocycles. The number of Topliss-reactive ketones (excluding diaryl/α,β-unsaturated/α-hetero) is 1. The summed E-state index contributed by atoms with van der Waals surface area (Å²) in [6.07, 6.45) is 1.39. The Morgan fingerprint density at radius 1 is 1.13 bits per heavy atom. The Balaban J connectivity index is 1.64. The number of pyridine rings is 1. The minimum Gasteiger partial charge on any atom is -0.486 e. The van der Waals surface area contributed by atoms with E-state index in [1.54, 1.807) is 24.3 Å². The summed E-state index contributed by atoms with van der Waals surface area (Å²) in [5, 5.41) is 0.366. The van der Waals surface area contributed by atoms with Crippen LogP contribution in [0.3, 0.4) is 0 Å². The van der Waals surface area contributed by atoms with Crippen molar-refractivity contribution in [3.63, 3.8) is 0 Å². The number of rotatable bonds is 4. The lowest BCUT2D eigenvalue weighted by molar-refractivity contribution is 0.0469. The number of nitrogens with zero attached hydrogens (tertiary/aromatic N) is 1. The van der Waals surface area contributed by atoms with Gasteiger partial charge in [-0.3, -0.25) is 4.79 Å². The van der Waals surface area contributed by atoms with Crippen LogP contribution in [0.2, 0.25) is 5.02 Å². The van der Waals surface area contributed by atoms with E-state index in [9.17, 15) is 9.59 Å². The van der Waals surface area contributed by atoms with Crippen molar-refractivity contribution in [1.29, 1.82) is 0 Å². The van der Waals surface area contributed by atoms with E-state index < -0.39 is 12.6 Å². The lowest BCUT2D eigenvalue weighted by atomic mass is 10.1. The second-order valence-corrected chi connectivity index (χ2v) is 5.15. The van der Waals surface area contributed by atoms with Crippen LogP contribution < -0.4 is 9.47 Å². The standard InChI is InChI=1S/C16H12ClNO5/c17-11-3-4-18-12(8-11)16(20)23-9-13(19)10-1-2-14-15(7-10)22-6-5-21-14/h1-4,7-8H,5-6,9H2. The number of hydrogen-bond acceptors (Lipinski definition) is 6. The number of carbonyl (C=O) groups is 2. The van der Waals surface area contributed by atoms with Crippen molar-refractivity contribution < 1.29 is 23.8 Å². The summed E-state index contributed by atoms with van der Waals surface area (Å²) in [6.45, 7) is 0.511. The molecule has 1 aliphatic rings. The Morgan fingerprint density at radius 2 is 1.91 bits per heavy atom. The smallest absolute Gasteiger partial charge is 0.357 e. The Labute approximate surface area is 136 Å². The van der Waals surface area contributed by atoms with Crippen LogP contribution >= 0.6 is 11.6 Å². The Morgan fingerprint density at radius 3 is 2.70 bits per heavy atom. The van der Waals surface area contributed by atoms with Gasteiger partial charge in [0.05, 0.1) is 0 Å². The van der Waals surface area contributed by atoms with Crippen molar-refractivity contribution >= 4 is 23.4 Å². The molecule has 0 saturated carbocycles. The molecule has 1 aromatic heterocycles. The molecule has 2 heterocycles. The van der Waals surface area contributed by atoms with Gasteiger partial charge < -0.3 is 14.2 Å². The zero-order valence-electron chi connectivity index (χ0n) is 12.0. The van der Waals surface area contributed by atoms with Crippen LogP contribution in [0.4, 0.5) is 0 Å². The topological polar surface area (TPSA) is 74.7 Å². The first-order chi connectivity index (χ1) is 11.1. The van der Waals surface area contributed by atoms with Gasteiger partial charge in [-0.2, -0.15) is 0 Å². The highest BCUT2D eigenvalue weighted by molar-refractivity contribution is 6.30. The summed E-state index contributed by atoms with van der Waals surface area (Å²) in [5.41, 5.74) is 0.425. The van der Waals surface area contributed by atoms with E-state index in [-0.39, 0.29) is 11.5 Å². The predicted octanol–water partition coefficient (Wildman–Crippen LogP) is 2.55. The molecule has 1 aromatic carbocycles. The van der Waals surface area contributed by atoms with Crippen molar-refractivity contribution in [1.82, 2.24) is 4.98 Å². The van der Waals surface area contributed by atoms with Crippen molar-refractivity contribution in [2.24, 2.45) is 0 Å². The first kappa shape index (κ1) is 15.3. The molecule has 0 N–H and O–H groups in total. The van der Waals surface area contributed by atoms with Gasteiger partial charge >= 0.3 is 5.97 Å². The van der Waals surface area contributed by atoms with E-state index in [0.29, 0.717) is 35.3 Å². The number of ether oxygens (including phenoxy) is 3. The van der Waals surface area contributed by atoms with E-state index in [2.05, 4.69) is 4.98 Å². The van der Waals surface area contributed by atoms with Gasteiger partial charge in [0.25, 0.3) is 0 Å². The van der Waals surface area contributed by atoms with Crippen LogP contribution in [0.25, 0.3) is 0 Å². The Kier molecular flexibility index (Phi) is 4.43. The third kappa shape index (κ3) is 3.60. The summed E-state index contributed by atoms with van der Waals surface area (Å²) in [5.74, 6) is 0.0357. The molecule has 0 bridgehead atoms. The summed E-state index contributed by atoms with van der Waals surface area (Å²) in [7, 11) is 0. The van der Waals surface area contributed by atoms with E-state index in [0.717, 1.165) is 0 Å². The van der Waals surface area contributed by atoms with Crippen LogP contribution in [-0.4, -0.2) is 36.6 Å². The molecule has 0 radical (unpaired) electrons. The largest absolute Gasteiger partial charge is 0.486 e. The first-order valence-electron chi connectivity index (χ1n) is 6.85. The highest BCUT2D eigenvalue weighted by Gasteiger charge is 2.17.